The van der Waals surface area contributed by atoms with Crippen molar-refractivity contribution in [2.45, 2.75) is 24.8 Å². The Labute approximate surface area is 130 Å². The second-order valence-corrected chi connectivity index (χ2v) is 5.63. The Morgan fingerprint density at radius 3 is 2.57 bits per heavy atom. The maximum atomic E-state index is 13.9. The zero-order valence-corrected chi connectivity index (χ0v) is 13.2. The van der Waals surface area contributed by atoms with Crippen LogP contribution in [0.5, 0.6) is 0 Å². The van der Waals surface area contributed by atoms with Crippen LogP contribution in [0.4, 0.5) is 4.39 Å². The zero-order chi connectivity index (χ0) is 15.6. The Kier molecular flexibility index (Phi) is 4.68. The summed E-state index contributed by atoms with van der Waals surface area (Å²) in [6.07, 6.45) is 0. The lowest BCUT2D eigenvalue weighted by Gasteiger charge is -2.26. The fourth-order valence-electron chi connectivity index (χ4n) is 2.23. The molecule has 0 spiro atoms. The Morgan fingerprint density at radius 1 is 1.24 bits per heavy atom. The number of carbonyl (C=O) groups is 1. The van der Waals surface area contributed by atoms with Crippen molar-refractivity contribution in [3.05, 3.63) is 65.0 Å². The van der Waals surface area contributed by atoms with Gasteiger partial charge in [0.05, 0.1) is 6.04 Å². The highest BCUT2D eigenvalue weighted by Gasteiger charge is 2.22. The first kappa shape index (κ1) is 15.6. The molecule has 0 N–H and O–H groups in total. The number of thiol groups is 1. The highest BCUT2D eigenvalue weighted by atomic mass is 32.1. The molecular formula is C17H18FNOS. The predicted octanol–water partition coefficient (Wildman–Crippen LogP) is 4.26. The normalized spacial score (nSPS) is 12.0. The molecule has 0 aliphatic carbocycles. The Morgan fingerprint density at radius 2 is 1.90 bits per heavy atom. The molecular weight excluding hydrogens is 285 g/mol. The maximum Gasteiger partial charge on any atom is 0.254 e. The van der Waals surface area contributed by atoms with Crippen molar-refractivity contribution in [2.75, 3.05) is 7.05 Å². The van der Waals surface area contributed by atoms with E-state index in [1.165, 1.54) is 6.07 Å². The van der Waals surface area contributed by atoms with Crippen molar-refractivity contribution in [3.63, 3.8) is 0 Å². The first-order valence-electron chi connectivity index (χ1n) is 6.73. The summed E-state index contributed by atoms with van der Waals surface area (Å²) in [5, 5.41) is 0. The zero-order valence-electron chi connectivity index (χ0n) is 12.3. The van der Waals surface area contributed by atoms with Gasteiger partial charge in [0.2, 0.25) is 0 Å². The summed E-state index contributed by atoms with van der Waals surface area (Å²) in [6.45, 7) is 3.69. The summed E-state index contributed by atoms with van der Waals surface area (Å²) < 4.78 is 13.9. The SMILES string of the molecule is Cc1ccc(S)cc1C(=O)N(C)C(C)c1ccccc1F. The molecule has 0 aliphatic rings. The van der Waals surface area contributed by atoms with Crippen molar-refractivity contribution in [1.29, 1.82) is 0 Å². The van der Waals surface area contributed by atoms with Gasteiger partial charge in [-0.05, 0) is 37.6 Å². The van der Waals surface area contributed by atoms with E-state index in [-0.39, 0.29) is 17.8 Å². The van der Waals surface area contributed by atoms with E-state index in [2.05, 4.69) is 12.6 Å². The third-order valence-electron chi connectivity index (χ3n) is 3.71. The van der Waals surface area contributed by atoms with Gasteiger partial charge in [-0.25, -0.2) is 4.39 Å². The van der Waals surface area contributed by atoms with Gasteiger partial charge < -0.3 is 4.90 Å². The second-order valence-electron chi connectivity index (χ2n) is 5.11. The van der Waals surface area contributed by atoms with Crippen molar-refractivity contribution in [3.8, 4) is 0 Å². The molecule has 2 rings (SSSR count). The van der Waals surface area contributed by atoms with Crippen molar-refractivity contribution in [1.82, 2.24) is 4.90 Å². The lowest BCUT2D eigenvalue weighted by molar-refractivity contribution is 0.0739. The standard InChI is InChI=1S/C17H18FNOS/c1-11-8-9-13(21)10-15(11)17(20)19(3)12(2)14-6-4-5-7-16(14)18/h4-10,12,21H,1-3H3. The van der Waals surface area contributed by atoms with Gasteiger partial charge in [-0.15, -0.1) is 12.6 Å². The van der Waals surface area contributed by atoms with Gasteiger partial charge in [0, 0.05) is 23.1 Å². The molecule has 4 heteroatoms. The number of amides is 1. The molecule has 0 saturated heterocycles. The van der Waals surface area contributed by atoms with Gasteiger partial charge in [0.15, 0.2) is 0 Å². The molecule has 0 aliphatic heterocycles. The average Bonchev–Trinajstić information content (AvgIpc) is 2.48. The lowest BCUT2D eigenvalue weighted by Crippen LogP contribution is -2.30. The number of hydrogen-bond acceptors (Lipinski definition) is 2. The number of halogens is 1. The third-order valence-corrected chi connectivity index (χ3v) is 3.99. The van der Waals surface area contributed by atoms with E-state index >= 15 is 0 Å². The fourth-order valence-corrected chi connectivity index (χ4v) is 2.43. The Hall–Kier alpha value is -1.81. The van der Waals surface area contributed by atoms with E-state index in [4.69, 9.17) is 0 Å². The van der Waals surface area contributed by atoms with E-state index in [0.717, 1.165) is 10.5 Å². The molecule has 1 amide bonds. The monoisotopic (exact) mass is 303 g/mol. The summed E-state index contributed by atoms with van der Waals surface area (Å²) in [5.74, 6) is -0.441. The van der Waals surface area contributed by atoms with Crippen LogP contribution in [0.2, 0.25) is 0 Å². The Balaban J connectivity index is 2.31. The number of benzene rings is 2. The molecule has 110 valence electrons. The minimum Gasteiger partial charge on any atom is -0.335 e. The van der Waals surface area contributed by atoms with E-state index in [1.54, 1.807) is 36.2 Å². The molecule has 0 saturated carbocycles. The summed E-state index contributed by atoms with van der Waals surface area (Å²) in [7, 11) is 1.68. The van der Waals surface area contributed by atoms with Crippen LogP contribution in [0.3, 0.4) is 0 Å². The minimum absolute atomic E-state index is 0.140. The third kappa shape index (κ3) is 3.27. The minimum atomic E-state index is -0.346. The van der Waals surface area contributed by atoms with Crippen LogP contribution in [0.25, 0.3) is 0 Å². The average molecular weight is 303 g/mol. The number of aryl methyl sites for hydroxylation is 1. The fraction of sp³-hybridized carbons (Fsp3) is 0.235. The maximum absolute atomic E-state index is 13.9. The largest absolute Gasteiger partial charge is 0.335 e. The quantitative estimate of drug-likeness (QED) is 0.840. The number of hydrogen-bond donors (Lipinski definition) is 1. The number of nitrogens with zero attached hydrogens (tertiary/aromatic N) is 1. The van der Waals surface area contributed by atoms with Crippen molar-refractivity contribution >= 4 is 18.5 Å². The molecule has 2 nitrogen and oxygen atoms in total. The Bertz CT molecular complexity index is 672. The topological polar surface area (TPSA) is 20.3 Å². The van der Waals surface area contributed by atoms with Gasteiger partial charge >= 0.3 is 0 Å². The summed E-state index contributed by atoms with van der Waals surface area (Å²) >= 11 is 4.27. The molecule has 2 aromatic carbocycles. The van der Waals surface area contributed by atoms with Crippen LogP contribution in [0.15, 0.2) is 47.4 Å². The molecule has 0 heterocycles. The van der Waals surface area contributed by atoms with Crippen LogP contribution >= 0.6 is 12.6 Å². The van der Waals surface area contributed by atoms with E-state index in [9.17, 15) is 9.18 Å². The van der Waals surface area contributed by atoms with E-state index < -0.39 is 0 Å². The molecule has 0 fully saturated rings. The van der Waals surface area contributed by atoms with Gasteiger partial charge in [-0.2, -0.15) is 0 Å². The molecule has 1 atom stereocenters. The van der Waals surface area contributed by atoms with E-state index in [0.29, 0.717) is 11.1 Å². The molecule has 0 radical (unpaired) electrons. The summed E-state index contributed by atoms with van der Waals surface area (Å²) in [6, 6.07) is 11.6. The predicted molar refractivity (Wildman–Crippen MR) is 85.3 cm³/mol. The smallest absolute Gasteiger partial charge is 0.254 e. The van der Waals surface area contributed by atoms with E-state index in [1.807, 2.05) is 26.0 Å². The molecule has 21 heavy (non-hydrogen) atoms. The molecule has 1 unspecified atom stereocenters. The highest BCUT2D eigenvalue weighted by molar-refractivity contribution is 7.80. The second kappa shape index (κ2) is 6.31. The van der Waals surface area contributed by atoms with Crippen LogP contribution in [0, 0.1) is 12.7 Å². The van der Waals surface area contributed by atoms with Crippen molar-refractivity contribution < 1.29 is 9.18 Å². The first-order chi connectivity index (χ1) is 9.91. The number of rotatable bonds is 3. The van der Waals surface area contributed by atoms with Gasteiger partial charge in [-0.3, -0.25) is 4.79 Å². The van der Waals surface area contributed by atoms with Crippen LogP contribution in [0.1, 0.15) is 34.5 Å². The van der Waals surface area contributed by atoms with Gasteiger partial charge in [0.25, 0.3) is 5.91 Å². The summed E-state index contributed by atoms with van der Waals surface area (Å²) in [5.41, 5.74) is 1.98. The molecule has 0 aromatic heterocycles. The van der Waals surface area contributed by atoms with Gasteiger partial charge in [-0.1, -0.05) is 24.3 Å². The molecule has 0 bridgehead atoms. The summed E-state index contributed by atoms with van der Waals surface area (Å²) in [4.78, 5) is 14.9. The highest BCUT2D eigenvalue weighted by Crippen LogP contribution is 2.24. The lowest BCUT2D eigenvalue weighted by atomic mass is 10.0. The van der Waals surface area contributed by atoms with Gasteiger partial charge in [0.1, 0.15) is 5.82 Å². The van der Waals surface area contributed by atoms with Crippen molar-refractivity contribution in [2.24, 2.45) is 0 Å². The molecule has 2 aromatic rings. The number of carbonyl (C=O) groups excluding carboxylic acids is 1. The van der Waals surface area contributed by atoms with Crippen LogP contribution in [-0.4, -0.2) is 17.9 Å². The van der Waals surface area contributed by atoms with Crippen LogP contribution < -0.4 is 0 Å². The first-order valence-corrected chi connectivity index (χ1v) is 7.17. The van der Waals surface area contributed by atoms with Crippen LogP contribution in [-0.2, 0) is 0 Å².